The fourth-order valence-electron chi connectivity index (χ4n) is 9.99. The number of nitrogens with zero attached hydrogens (tertiary/aromatic N) is 2. The Kier molecular flexibility index (Phi) is 10.9. The molecule has 2 saturated carbocycles. The monoisotopic (exact) mass is 791 g/mol. The van der Waals surface area contributed by atoms with E-state index in [1.165, 1.54) is 25.7 Å². The summed E-state index contributed by atoms with van der Waals surface area (Å²) in [6, 6.07) is 30.7. The molecule has 1 amide bonds. The molecule has 0 radical (unpaired) electrons. The fourth-order valence-corrected chi connectivity index (χ4v) is 9.99. The molecule has 4 aliphatic rings. The average Bonchev–Trinajstić information content (AvgIpc) is 3.88. The Labute approximate surface area is 346 Å². The molecule has 7 atom stereocenters. The average molecular weight is 792 g/mol. The van der Waals surface area contributed by atoms with Gasteiger partial charge in [-0.05, 0) is 139 Å². The van der Waals surface area contributed by atoms with Crippen LogP contribution < -0.4 is 19.5 Å². The number of aromatic nitrogens is 1. The van der Waals surface area contributed by atoms with E-state index in [4.69, 9.17) is 14.2 Å². The van der Waals surface area contributed by atoms with E-state index in [9.17, 15) is 14.7 Å². The number of carboxylic acids is 1. The Balaban J connectivity index is 0.928. The summed E-state index contributed by atoms with van der Waals surface area (Å²) in [5, 5.41) is 13.3. The van der Waals surface area contributed by atoms with Crippen LogP contribution in [0.1, 0.15) is 90.2 Å². The first-order valence-electron chi connectivity index (χ1n) is 21.3. The van der Waals surface area contributed by atoms with Gasteiger partial charge in [-0.2, -0.15) is 0 Å². The van der Waals surface area contributed by atoms with E-state index in [1.54, 1.807) is 6.20 Å². The van der Waals surface area contributed by atoms with Gasteiger partial charge in [0.25, 0.3) is 0 Å². The molecule has 0 spiro atoms. The highest BCUT2D eigenvalue weighted by atomic mass is 16.6. The zero-order chi connectivity index (χ0) is 40.6. The van der Waals surface area contributed by atoms with Crippen LogP contribution in [-0.4, -0.2) is 51.7 Å². The smallest absolute Gasteiger partial charge is 0.326 e. The van der Waals surface area contributed by atoms with Gasteiger partial charge in [-0.1, -0.05) is 73.7 Å². The van der Waals surface area contributed by atoms with Crippen molar-refractivity contribution in [1.29, 1.82) is 0 Å². The summed E-state index contributed by atoms with van der Waals surface area (Å²) in [7, 11) is 0. The first kappa shape index (κ1) is 38.8. The normalized spacial score (nSPS) is 22.9. The van der Waals surface area contributed by atoms with Crippen molar-refractivity contribution < 1.29 is 28.9 Å². The van der Waals surface area contributed by atoms with Crippen LogP contribution in [0, 0.1) is 25.7 Å². The Morgan fingerprint density at radius 1 is 0.932 bits per heavy atom. The van der Waals surface area contributed by atoms with Gasteiger partial charge >= 0.3 is 5.97 Å². The van der Waals surface area contributed by atoms with Gasteiger partial charge in [0, 0.05) is 30.9 Å². The van der Waals surface area contributed by atoms with E-state index in [0.717, 1.165) is 68.3 Å². The van der Waals surface area contributed by atoms with Crippen molar-refractivity contribution in [3.8, 4) is 28.4 Å². The number of benzene rings is 4. The lowest BCUT2D eigenvalue weighted by Gasteiger charge is -2.42. The molecule has 59 heavy (non-hydrogen) atoms. The molecule has 4 aromatic carbocycles. The van der Waals surface area contributed by atoms with Crippen LogP contribution in [-0.2, 0) is 29.0 Å². The van der Waals surface area contributed by atoms with Crippen molar-refractivity contribution in [3.63, 3.8) is 0 Å². The van der Waals surface area contributed by atoms with Gasteiger partial charge in [-0.15, -0.1) is 0 Å². The van der Waals surface area contributed by atoms with Gasteiger partial charge in [0.2, 0.25) is 5.91 Å². The number of pyridine rings is 1. The van der Waals surface area contributed by atoms with Crippen molar-refractivity contribution >= 4 is 11.9 Å². The number of aryl methyl sites for hydroxylation is 1. The van der Waals surface area contributed by atoms with Crippen LogP contribution in [0.5, 0.6) is 17.2 Å². The topological polar surface area (TPSA) is 110 Å². The first-order chi connectivity index (χ1) is 28.7. The Hall–Kier alpha value is -5.67. The number of rotatable bonds is 12. The Morgan fingerprint density at radius 2 is 1.71 bits per heavy atom. The predicted octanol–water partition coefficient (Wildman–Crippen LogP) is 9.14. The number of nitrogens with one attached hydrogen (secondary N) is 1. The minimum Gasteiger partial charge on any atom is -0.490 e. The second kappa shape index (κ2) is 16.5. The lowest BCUT2D eigenvalue weighted by atomic mass is 9.89. The minimum absolute atomic E-state index is 0.0719. The van der Waals surface area contributed by atoms with Gasteiger partial charge in [-0.3, -0.25) is 14.7 Å². The van der Waals surface area contributed by atoms with E-state index in [0.29, 0.717) is 43.1 Å². The largest absolute Gasteiger partial charge is 0.490 e. The van der Waals surface area contributed by atoms with Gasteiger partial charge in [0.05, 0.1) is 6.04 Å². The van der Waals surface area contributed by atoms with Gasteiger partial charge < -0.3 is 24.6 Å². The third-order valence-corrected chi connectivity index (χ3v) is 13.4. The van der Waals surface area contributed by atoms with Crippen LogP contribution in [0.3, 0.4) is 0 Å². The molecule has 9 rings (SSSR count). The van der Waals surface area contributed by atoms with E-state index in [2.05, 4.69) is 71.5 Å². The van der Waals surface area contributed by atoms with Gasteiger partial charge in [0.1, 0.15) is 24.5 Å². The summed E-state index contributed by atoms with van der Waals surface area (Å²) in [6.07, 6.45) is 8.32. The standard InChI is InChI=1S/C50H53N3O6/c1-4-43(35-8-6-5-7-9-35)53-28-39-27-47-46(57-29-48(59-47)36-16-18-40(19-17-36)58-45-24-33-12-15-37(45)22-33)26-38(39)25-44(53)49(54)52-42(50(55)56)23-32-10-13-34(14-11-32)41-20-21-51-31(3)30(41)2/h5-11,13-14,16-21,26-27,33,37,42-45,48H,4,12,15,22-25,28-29H2,1-3H3,(H,52,54)(H,55,56)/t33?,37?,42-,43-,44-,45?,48+/m0/s1. The van der Waals surface area contributed by atoms with Crippen molar-refractivity contribution in [2.45, 2.75) is 103 Å². The van der Waals surface area contributed by atoms with E-state index in [1.807, 2.05) is 61.5 Å². The molecular formula is C50H53N3O6. The first-order valence-corrected chi connectivity index (χ1v) is 21.3. The summed E-state index contributed by atoms with van der Waals surface area (Å²) in [5.41, 5.74) is 9.23. The SMILES string of the molecule is CC[C@@H](c1ccccc1)N1Cc2cc3c(cc2C[C@H]1C(=O)N[C@@H](Cc1ccc(-c2ccnc(C)c2C)cc1)C(=O)O)OC[C@H](c1ccc(OC2CC4CCC2C4)cc1)O3. The number of fused-ring (bicyclic) bond motifs is 4. The van der Waals surface area contributed by atoms with Crippen LogP contribution in [0.15, 0.2) is 103 Å². The molecule has 9 nitrogen and oxygen atoms in total. The lowest BCUT2D eigenvalue weighted by Crippen LogP contribution is -2.55. The molecule has 2 aliphatic heterocycles. The zero-order valence-electron chi connectivity index (χ0n) is 34.1. The number of hydrogen-bond donors (Lipinski definition) is 2. The summed E-state index contributed by atoms with van der Waals surface area (Å²) >= 11 is 0. The molecular weight excluding hydrogens is 739 g/mol. The molecule has 3 heterocycles. The summed E-state index contributed by atoms with van der Waals surface area (Å²) in [4.78, 5) is 33.8. The maximum absolute atomic E-state index is 14.4. The minimum atomic E-state index is -1.10. The summed E-state index contributed by atoms with van der Waals surface area (Å²) in [6.45, 7) is 7.02. The number of hydrogen-bond acceptors (Lipinski definition) is 7. The Bertz CT molecular complexity index is 2310. The van der Waals surface area contributed by atoms with Gasteiger partial charge in [0.15, 0.2) is 17.6 Å². The van der Waals surface area contributed by atoms with E-state index >= 15 is 0 Å². The lowest BCUT2D eigenvalue weighted by molar-refractivity contribution is -0.143. The van der Waals surface area contributed by atoms with Crippen LogP contribution >= 0.6 is 0 Å². The maximum atomic E-state index is 14.4. The molecule has 304 valence electrons. The molecule has 2 fully saturated rings. The number of carbonyl (C=O) groups excluding carboxylic acids is 1. The van der Waals surface area contributed by atoms with Crippen LogP contribution in [0.25, 0.3) is 11.1 Å². The molecule has 2 aliphatic carbocycles. The van der Waals surface area contributed by atoms with E-state index < -0.39 is 18.1 Å². The highest BCUT2D eigenvalue weighted by molar-refractivity contribution is 5.87. The van der Waals surface area contributed by atoms with Crippen molar-refractivity contribution in [3.05, 3.63) is 142 Å². The molecule has 9 heteroatoms. The highest BCUT2D eigenvalue weighted by Gasteiger charge is 2.41. The second-order valence-corrected chi connectivity index (χ2v) is 17.0. The van der Waals surface area contributed by atoms with Crippen molar-refractivity contribution in [2.75, 3.05) is 6.61 Å². The molecule has 1 aromatic heterocycles. The molecule has 2 N–H and O–H groups in total. The fraction of sp³-hybridized carbons (Fsp3) is 0.380. The number of ether oxygens (including phenoxy) is 3. The molecule has 3 unspecified atom stereocenters. The van der Waals surface area contributed by atoms with E-state index in [-0.39, 0.29) is 24.5 Å². The molecule has 5 aromatic rings. The van der Waals surface area contributed by atoms with Crippen molar-refractivity contribution in [2.24, 2.45) is 11.8 Å². The highest BCUT2D eigenvalue weighted by Crippen LogP contribution is 2.46. The zero-order valence-corrected chi connectivity index (χ0v) is 34.1. The second-order valence-electron chi connectivity index (χ2n) is 17.0. The summed E-state index contributed by atoms with van der Waals surface area (Å²) < 4.78 is 19.4. The van der Waals surface area contributed by atoms with Crippen LogP contribution in [0.2, 0.25) is 0 Å². The summed E-state index contributed by atoms with van der Waals surface area (Å²) in [5.74, 6) is 2.41. The number of carboxylic acid groups (broad SMARTS) is 1. The quantitative estimate of drug-likeness (QED) is 0.129. The third-order valence-electron chi connectivity index (χ3n) is 13.4. The molecule has 0 saturated heterocycles. The van der Waals surface area contributed by atoms with Gasteiger partial charge in [-0.25, -0.2) is 4.79 Å². The number of carbonyl (C=O) groups is 2. The number of amides is 1. The molecule has 2 bridgehead atoms. The van der Waals surface area contributed by atoms with Crippen LogP contribution in [0.4, 0.5) is 0 Å². The third kappa shape index (κ3) is 8.05. The maximum Gasteiger partial charge on any atom is 0.326 e. The Morgan fingerprint density at radius 3 is 2.42 bits per heavy atom. The number of aliphatic carboxylic acids is 1. The van der Waals surface area contributed by atoms with Crippen molar-refractivity contribution in [1.82, 2.24) is 15.2 Å². The predicted molar refractivity (Wildman–Crippen MR) is 227 cm³/mol.